The van der Waals surface area contributed by atoms with E-state index in [1.807, 2.05) is 6.07 Å². The smallest absolute Gasteiger partial charge is 0.412 e. The highest BCUT2D eigenvalue weighted by molar-refractivity contribution is 5.98. The Morgan fingerprint density at radius 2 is 1.88 bits per heavy atom. The number of aromatic nitrogens is 2. The number of nitrogens with two attached hydrogens (primary N) is 1. The Morgan fingerprint density at radius 3 is 2.50 bits per heavy atom. The fourth-order valence-electron chi connectivity index (χ4n) is 4.39. The molecular weight excluding hydrogens is 439 g/mol. The summed E-state index contributed by atoms with van der Waals surface area (Å²) in [5.41, 5.74) is 6.75. The van der Waals surface area contributed by atoms with Crippen LogP contribution in [0.4, 0.5) is 26.4 Å². The molecule has 1 aliphatic rings. The molecule has 34 heavy (non-hydrogen) atoms. The SMILES string of the molecule is N#CC1CC(N(C(=O)O)c2ccccc2)CCC1n1cc(C(N)=O)c(Nc2ccc(F)cc2)n1. The summed E-state index contributed by atoms with van der Waals surface area (Å²) >= 11 is 0. The molecule has 174 valence electrons. The zero-order chi connectivity index (χ0) is 24.2. The minimum Gasteiger partial charge on any atom is -0.465 e. The Balaban J connectivity index is 1.58. The van der Waals surface area contributed by atoms with Crippen molar-refractivity contribution in [1.29, 1.82) is 5.26 Å². The maximum absolute atomic E-state index is 13.2. The average molecular weight is 462 g/mol. The molecule has 4 N–H and O–H groups in total. The van der Waals surface area contributed by atoms with E-state index in [1.54, 1.807) is 28.9 Å². The number of hydrogen-bond acceptors (Lipinski definition) is 5. The topological polar surface area (TPSA) is 137 Å². The molecule has 2 aromatic carbocycles. The number of nitriles is 1. The first-order valence-electron chi connectivity index (χ1n) is 10.8. The Kier molecular flexibility index (Phi) is 6.45. The fraction of sp³-hybridized carbons (Fsp3) is 0.250. The van der Waals surface area contributed by atoms with Gasteiger partial charge in [0.1, 0.15) is 11.4 Å². The lowest BCUT2D eigenvalue weighted by Crippen LogP contribution is -2.44. The van der Waals surface area contributed by atoms with Crippen LogP contribution in [0.3, 0.4) is 0 Å². The number of benzene rings is 2. The number of hydrogen-bond donors (Lipinski definition) is 3. The van der Waals surface area contributed by atoms with Gasteiger partial charge in [-0.2, -0.15) is 10.4 Å². The number of carbonyl (C=O) groups is 2. The third kappa shape index (κ3) is 4.68. The van der Waals surface area contributed by atoms with Crippen molar-refractivity contribution in [3.8, 4) is 6.07 Å². The minimum absolute atomic E-state index is 0.139. The number of anilines is 3. The van der Waals surface area contributed by atoms with E-state index in [0.29, 0.717) is 30.6 Å². The molecule has 1 aliphatic carbocycles. The van der Waals surface area contributed by atoms with E-state index in [9.17, 15) is 24.3 Å². The zero-order valence-electron chi connectivity index (χ0n) is 18.1. The van der Waals surface area contributed by atoms with E-state index in [0.717, 1.165) is 0 Å². The first-order chi connectivity index (χ1) is 16.4. The summed E-state index contributed by atoms with van der Waals surface area (Å²) in [7, 11) is 0. The van der Waals surface area contributed by atoms with Gasteiger partial charge in [-0.25, -0.2) is 9.18 Å². The molecule has 0 bridgehead atoms. The van der Waals surface area contributed by atoms with Crippen LogP contribution in [0.25, 0.3) is 0 Å². The standard InChI is InChI=1S/C24H23FN6O3/c25-16-6-8-17(9-7-16)28-23-20(22(27)32)14-30(29-23)21-11-10-19(12-15(21)13-26)31(24(33)34)18-4-2-1-3-5-18/h1-9,14-15,19,21H,10-12H2,(H2,27,32)(H,28,29)(H,33,34). The second-order valence-electron chi connectivity index (χ2n) is 8.13. The van der Waals surface area contributed by atoms with E-state index in [4.69, 9.17) is 5.73 Å². The van der Waals surface area contributed by atoms with Crippen molar-refractivity contribution in [1.82, 2.24) is 9.78 Å². The molecule has 1 aromatic heterocycles. The van der Waals surface area contributed by atoms with Gasteiger partial charge >= 0.3 is 6.09 Å². The van der Waals surface area contributed by atoms with Gasteiger partial charge in [-0.1, -0.05) is 18.2 Å². The summed E-state index contributed by atoms with van der Waals surface area (Å²) in [5.74, 6) is -1.43. The van der Waals surface area contributed by atoms with Gasteiger partial charge < -0.3 is 16.2 Å². The van der Waals surface area contributed by atoms with E-state index in [-0.39, 0.29) is 23.5 Å². The van der Waals surface area contributed by atoms with Crippen LogP contribution in [-0.4, -0.2) is 32.9 Å². The quantitative estimate of drug-likeness (QED) is 0.500. The predicted molar refractivity (Wildman–Crippen MR) is 123 cm³/mol. The molecule has 0 aliphatic heterocycles. The molecule has 9 nitrogen and oxygen atoms in total. The van der Waals surface area contributed by atoms with Crippen LogP contribution in [0.5, 0.6) is 0 Å². The molecule has 1 fully saturated rings. The van der Waals surface area contributed by atoms with E-state index in [2.05, 4.69) is 16.5 Å². The molecule has 1 heterocycles. The van der Waals surface area contributed by atoms with Gasteiger partial charge in [-0.3, -0.25) is 14.4 Å². The zero-order valence-corrected chi connectivity index (χ0v) is 18.1. The molecule has 3 aromatic rings. The van der Waals surface area contributed by atoms with Crippen LogP contribution in [-0.2, 0) is 0 Å². The second-order valence-corrected chi connectivity index (χ2v) is 8.13. The van der Waals surface area contributed by atoms with Crippen molar-refractivity contribution in [3.05, 3.63) is 72.2 Å². The number of amides is 2. The highest BCUT2D eigenvalue weighted by Gasteiger charge is 2.37. The van der Waals surface area contributed by atoms with Crippen LogP contribution >= 0.6 is 0 Å². The summed E-state index contributed by atoms with van der Waals surface area (Å²) in [5, 5.41) is 27.1. The Morgan fingerprint density at radius 1 is 1.18 bits per heavy atom. The molecule has 10 heteroatoms. The summed E-state index contributed by atoms with van der Waals surface area (Å²) in [4.78, 5) is 25.3. The monoisotopic (exact) mass is 462 g/mol. The molecule has 0 spiro atoms. The largest absolute Gasteiger partial charge is 0.465 e. The fourth-order valence-corrected chi connectivity index (χ4v) is 4.39. The maximum Gasteiger partial charge on any atom is 0.412 e. The molecule has 3 unspecified atom stereocenters. The summed E-state index contributed by atoms with van der Waals surface area (Å²) in [6.07, 6.45) is 1.73. The highest BCUT2D eigenvalue weighted by Crippen LogP contribution is 2.38. The summed E-state index contributed by atoms with van der Waals surface area (Å²) in [6, 6.07) is 15.9. The van der Waals surface area contributed by atoms with E-state index < -0.39 is 23.7 Å². The lowest BCUT2D eigenvalue weighted by Gasteiger charge is -2.37. The van der Waals surface area contributed by atoms with Crippen LogP contribution in [0.15, 0.2) is 60.8 Å². The Hall–Kier alpha value is -4.39. The van der Waals surface area contributed by atoms with Gasteiger partial charge in [0.2, 0.25) is 0 Å². The van der Waals surface area contributed by atoms with Gasteiger partial charge in [0.25, 0.3) is 5.91 Å². The number of carbonyl (C=O) groups excluding carboxylic acids is 1. The van der Waals surface area contributed by atoms with Crippen molar-refractivity contribution in [2.24, 2.45) is 11.7 Å². The highest BCUT2D eigenvalue weighted by atomic mass is 19.1. The normalized spacial score (nSPS) is 19.7. The molecule has 3 atom stereocenters. The van der Waals surface area contributed by atoms with Gasteiger partial charge in [-0.15, -0.1) is 0 Å². The van der Waals surface area contributed by atoms with Gasteiger partial charge in [0.05, 0.1) is 18.0 Å². The van der Waals surface area contributed by atoms with Crippen LogP contribution in [0, 0.1) is 23.1 Å². The van der Waals surface area contributed by atoms with Crippen LogP contribution in [0.2, 0.25) is 0 Å². The first-order valence-corrected chi connectivity index (χ1v) is 10.8. The van der Waals surface area contributed by atoms with Gasteiger partial charge in [-0.05, 0) is 55.7 Å². The number of primary amides is 1. The third-order valence-corrected chi connectivity index (χ3v) is 6.00. The van der Waals surface area contributed by atoms with Crippen molar-refractivity contribution in [3.63, 3.8) is 0 Å². The predicted octanol–water partition coefficient (Wildman–Crippen LogP) is 4.28. The van der Waals surface area contributed by atoms with Crippen molar-refractivity contribution in [2.45, 2.75) is 31.3 Å². The molecule has 0 radical (unpaired) electrons. The molecule has 4 rings (SSSR count). The Bertz CT molecular complexity index is 1220. The molecule has 2 amide bonds. The summed E-state index contributed by atoms with van der Waals surface area (Å²) in [6.45, 7) is 0. The molecule has 0 saturated heterocycles. The number of para-hydroxylation sites is 1. The number of nitrogens with one attached hydrogen (secondary N) is 1. The first kappa shape index (κ1) is 22.8. The minimum atomic E-state index is -1.08. The van der Waals surface area contributed by atoms with Crippen molar-refractivity contribution in [2.75, 3.05) is 10.2 Å². The number of rotatable bonds is 6. The number of nitrogens with zero attached hydrogens (tertiary/aromatic N) is 4. The van der Waals surface area contributed by atoms with E-state index >= 15 is 0 Å². The molecule has 1 saturated carbocycles. The number of carboxylic acid groups (broad SMARTS) is 1. The number of halogens is 1. The van der Waals surface area contributed by atoms with Gasteiger partial charge in [0.15, 0.2) is 5.82 Å². The Labute approximate surface area is 195 Å². The third-order valence-electron chi connectivity index (χ3n) is 6.00. The summed E-state index contributed by atoms with van der Waals surface area (Å²) < 4.78 is 14.8. The van der Waals surface area contributed by atoms with E-state index in [1.165, 1.54) is 35.4 Å². The second kappa shape index (κ2) is 9.62. The van der Waals surface area contributed by atoms with Crippen molar-refractivity contribution < 1.29 is 19.1 Å². The maximum atomic E-state index is 13.2. The van der Waals surface area contributed by atoms with Crippen LogP contribution in [0.1, 0.15) is 35.7 Å². The average Bonchev–Trinajstić information content (AvgIpc) is 3.25. The van der Waals surface area contributed by atoms with Gasteiger partial charge in [0, 0.05) is 23.6 Å². The van der Waals surface area contributed by atoms with Crippen molar-refractivity contribution >= 4 is 29.2 Å². The lowest BCUT2D eigenvalue weighted by atomic mass is 9.81. The lowest BCUT2D eigenvalue weighted by molar-refractivity contribution is 0.100. The molecular formula is C24H23FN6O3. The van der Waals surface area contributed by atoms with Crippen LogP contribution < -0.4 is 16.0 Å².